The number of aliphatic hydroxyl groups is 1. The molecule has 2 aromatic heterocycles. The van der Waals surface area contributed by atoms with Crippen LogP contribution in [-0.4, -0.2) is 69.2 Å². The highest BCUT2D eigenvalue weighted by molar-refractivity contribution is 7.52. The van der Waals surface area contributed by atoms with Crippen molar-refractivity contribution in [1.82, 2.24) is 24.6 Å². The van der Waals surface area contributed by atoms with Crippen LogP contribution >= 0.6 is 7.75 Å². The number of para-hydroxylation sites is 1. The molecule has 15 heteroatoms. The maximum atomic E-state index is 13.7. The summed E-state index contributed by atoms with van der Waals surface area (Å²) in [4.78, 5) is 24.8. The number of ether oxygens (including phenoxy) is 3. The van der Waals surface area contributed by atoms with E-state index in [4.69, 9.17) is 29.0 Å². The number of methoxy groups -OCH3 is 1. The molecule has 14 nitrogen and oxygen atoms in total. The third-order valence-electron chi connectivity index (χ3n) is 6.28. The molecule has 0 bridgehead atoms. The molecular formula is C24H33N6O8P. The second-order valence-electron chi connectivity index (χ2n) is 9.51. The maximum absolute atomic E-state index is 13.7. The second kappa shape index (κ2) is 11.4. The van der Waals surface area contributed by atoms with Crippen molar-refractivity contribution in [3.8, 4) is 11.6 Å². The molecule has 0 saturated carbocycles. The Labute approximate surface area is 225 Å². The first-order valence-electron chi connectivity index (χ1n) is 12.3. The average Bonchev–Trinajstić information content (AvgIpc) is 3.40. The number of rotatable bonds is 11. The Morgan fingerprint density at radius 3 is 2.69 bits per heavy atom. The Morgan fingerprint density at radius 1 is 1.31 bits per heavy atom. The van der Waals surface area contributed by atoms with E-state index >= 15 is 0 Å². The van der Waals surface area contributed by atoms with Gasteiger partial charge in [-0.15, -0.1) is 0 Å². The van der Waals surface area contributed by atoms with Crippen LogP contribution < -0.4 is 20.1 Å². The molecule has 1 aliphatic rings. The number of imidazole rings is 1. The van der Waals surface area contributed by atoms with E-state index in [1.165, 1.54) is 20.4 Å². The molecule has 0 spiro atoms. The monoisotopic (exact) mass is 564 g/mol. The zero-order valence-corrected chi connectivity index (χ0v) is 23.2. The van der Waals surface area contributed by atoms with Crippen LogP contribution in [-0.2, 0) is 23.4 Å². The van der Waals surface area contributed by atoms with Gasteiger partial charge in [0.05, 0.1) is 32.8 Å². The highest BCUT2D eigenvalue weighted by atomic mass is 31.2. The summed E-state index contributed by atoms with van der Waals surface area (Å²) in [5.41, 5.74) is 5.78. The molecular weight excluding hydrogens is 531 g/mol. The number of esters is 1. The van der Waals surface area contributed by atoms with Crippen LogP contribution in [0.5, 0.6) is 11.6 Å². The van der Waals surface area contributed by atoms with Crippen LogP contribution in [0, 0.1) is 5.41 Å². The van der Waals surface area contributed by atoms with E-state index < -0.39 is 43.6 Å². The van der Waals surface area contributed by atoms with Crippen molar-refractivity contribution in [3.05, 3.63) is 36.7 Å². The Bertz CT molecular complexity index is 1350. The number of carbonyl (C=O) groups is 1. The lowest BCUT2D eigenvalue weighted by Gasteiger charge is -2.29. The number of hydrogen-bond acceptors (Lipinski definition) is 12. The molecule has 1 unspecified atom stereocenters. The number of benzene rings is 1. The van der Waals surface area contributed by atoms with Gasteiger partial charge in [-0.05, 0) is 26.0 Å². The van der Waals surface area contributed by atoms with E-state index in [9.17, 15) is 14.5 Å². The first-order chi connectivity index (χ1) is 18.5. The molecule has 3 aromatic rings. The van der Waals surface area contributed by atoms with Crippen LogP contribution in [0.1, 0.15) is 33.9 Å². The van der Waals surface area contributed by atoms with Gasteiger partial charge in [-0.3, -0.25) is 13.9 Å². The highest BCUT2D eigenvalue weighted by Gasteiger charge is 2.52. The van der Waals surface area contributed by atoms with Gasteiger partial charge in [-0.25, -0.2) is 9.55 Å². The predicted molar refractivity (Wildman–Crippen MR) is 140 cm³/mol. The van der Waals surface area contributed by atoms with Gasteiger partial charge in [0.25, 0.3) is 0 Å². The van der Waals surface area contributed by atoms with Crippen LogP contribution in [0.25, 0.3) is 11.2 Å². The Hall–Kier alpha value is -3.29. The fourth-order valence-corrected chi connectivity index (χ4v) is 5.76. The zero-order chi connectivity index (χ0) is 28.4. The minimum absolute atomic E-state index is 0.00580. The summed E-state index contributed by atoms with van der Waals surface area (Å²) in [7, 11) is -2.93. The Morgan fingerprint density at radius 2 is 2.03 bits per heavy atom. The van der Waals surface area contributed by atoms with Crippen molar-refractivity contribution in [3.63, 3.8) is 0 Å². The Kier molecular flexibility index (Phi) is 8.42. The lowest BCUT2D eigenvalue weighted by atomic mass is 9.84. The summed E-state index contributed by atoms with van der Waals surface area (Å²) in [6, 6.07) is 7.34. The molecule has 4 N–H and O–H groups in total. The van der Waals surface area contributed by atoms with Crippen LogP contribution in [0.2, 0.25) is 0 Å². The molecule has 4 rings (SSSR count). The summed E-state index contributed by atoms with van der Waals surface area (Å²) >= 11 is 0. The minimum atomic E-state index is -4.14. The normalized spacial score (nSPS) is 22.8. The molecule has 3 heterocycles. The van der Waals surface area contributed by atoms with Gasteiger partial charge >= 0.3 is 13.7 Å². The number of fused-ring (bicyclic) bond motifs is 1. The molecule has 1 saturated heterocycles. The van der Waals surface area contributed by atoms with Crippen molar-refractivity contribution in [2.24, 2.45) is 5.41 Å². The largest absolute Gasteiger partial charge is 0.476 e. The second-order valence-corrected chi connectivity index (χ2v) is 11.2. The zero-order valence-electron chi connectivity index (χ0n) is 22.3. The van der Waals surface area contributed by atoms with Crippen molar-refractivity contribution in [2.45, 2.75) is 52.2 Å². The molecule has 1 aromatic carbocycles. The third kappa shape index (κ3) is 5.99. The van der Waals surface area contributed by atoms with Crippen LogP contribution in [0.15, 0.2) is 36.7 Å². The van der Waals surface area contributed by atoms with E-state index in [0.717, 1.165) is 0 Å². The molecule has 0 aliphatic carbocycles. The molecule has 0 radical (unpaired) electrons. The average molecular weight is 565 g/mol. The maximum Gasteiger partial charge on any atom is 0.459 e. The van der Waals surface area contributed by atoms with Gasteiger partial charge in [-0.2, -0.15) is 15.1 Å². The number of nitrogens with two attached hydrogens (primary N) is 1. The summed E-state index contributed by atoms with van der Waals surface area (Å²) in [6.45, 7) is 6.91. The third-order valence-corrected chi connectivity index (χ3v) is 7.92. The summed E-state index contributed by atoms with van der Waals surface area (Å²) < 4.78 is 43.2. The van der Waals surface area contributed by atoms with E-state index in [1.807, 2.05) is 6.92 Å². The highest BCUT2D eigenvalue weighted by Crippen LogP contribution is 2.49. The molecule has 39 heavy (non-hydrogen) atoms. The fraction of sp³-hybridized carbons (Fsp3) is 0.500. The standard InChI is InChI=1S/C24H33N6O8P/c1-6-35-20-17-19(27-23(25)28-20)30(13-26-17)22-24(3,4)18(31)16(37-22)12-36-39(33,29-14(2)21(32)34-5)38-15-10-8-7-9-11-15/h7-11,13-14,16,18,22,31H,6,12H2,1-5H3,(H,29,33)(H2,25,27,28)/t14-,16+,18+,22+,39?/m0/s1. The number of hydrogen-bond donors (Lipinski definition) is 3. The van der Waals surface area contributed by atoms with Gasteiger partial charge in [0.15, 0.2) is 11.2 Å². The van der Waals surface area contributed by atoms with Gasteiger partial charge < -0.3 is 29.6 Å². The summed E-state index contributed by atoms with van der Waals surface area (Å²) in [6.07, 6.45) is -1.25. The van der Waals surface area contributed by atoms with Crippen molar-refractivity contribution in [2.75, 3.05) is 26.1 Å². The van der Waals surface area contributed by atoms with Crippen molar-refractivity contribution < 1.29 is 37.7 Å². The number of aromatic nitrogens is 4. The van der Waals surface area contributed by atoms with Crippen molar-refractivity contribution in [1.29, 1.82) is 0 Å². The number of nitrogens with zero attached hydrogens (tertiary/aromatic N) is 4. The van der Waals surface area contributed by atoms with E-state index in [1.54, 1.807) is 48.7 Å². The van der Waals surface area contributed by atoms with Gasteiger partial charge in [-0.1, -0.05) is 32.0 Å². The lowest BCUT2D eigenvalue weighted by molar-refractivity contribution is -0.142. The first kappa shape index (κ1) is 28.7. The quantitative estimate of drug-likeness (QED) is 0.228. The number of carbonyl (C=O) groups excluding carboxylic acids is 1. The number of aliphatic hydroxyl groups excluding tert-OH is 1. The van der Waals surface area contributed by atoms with Gasteiger partial charge in [0.2, 0.25) is 11.8 Å². The first-order valence-corrected chi connectivity index (χ1v) is 13.8. The minimum Gasteiger partial charge on any atom is -0.476 e. The van der Waals surface area contributed by atoms with E-state index in [2.05, 4.69) is 20.0 Å². The van der Waals surface area contributed by atoms with Crippen LogP contribution in [0.3, 0.4) is 0 Å². The lowest BCUT2D eigenvalue weighted by Crippen LogP contribution is -2.38. The molecule has 5 atom stereocenters. The van der Waals surface area contributed by atoms with Gasteiger partial charge in [0.1, 0.15) is 24.1 Å². The predicted octanol–water partition coefficient (Wildman–Crippen LogP) is 2.45. The number of nitrogen functional groups attached to an aromatic ring is 1. The molecule has 0 amide bonds. The number of anilines is 1. The van der Waals surface area contributed by atoms with Crippen LogP contribution in [0.4, 0.5) is 5.95 Å². The van der Waals surface area contributed by atoms with E-state index in [0.29, 0.717) is 17.8 Å². The smallest absolute Gasteiger partial charge is 0.459 e. The Balaban J connectivity index is 1.58. The number of nitrogens with one attached hydrogen (secondary N) is 1. The molecule has 212 valence electrons. The SMILES string of the molecule is CCOc1nc(N)nc2c1ncn2[C@@H]1O[C@H](COP(=O)(N[C@@H](C)C(=O)OC)Oc2ccccc2)[C@@H](O)C1(C)C. The van der Waals surface area contributed by atoms with Gasteiger partial charge in [0, 0.05) is 5.41 Å². The van der Waals surface area contributed by atoms with E-state index in [-0.39, 0.29) is 24.2 Å². The molecule has 1 aliphatic heterocycles. The van der Waals surface area contributed by atoms with Crippen molar-refractivity contribution >= 4 is 30.8 Å². The topological polar surface area (TPSA) is 182 Å². The summed E-state index contributed by atoms with van der Waals surface area (Å²) in [5, 5.41) is 13.8. The molecule has 1 fully saturated rings. The fourth-order valence-electron chi connectivity index (χ4n) is 4.26. The summed E-state index contributed by atoms with van der Waals surface area (Å²) in [5.74, 6) is -0.175.